The molecule has 0 radical (unpaired) electrons. The van der Waals surface area contributed by atoms with E-state index in [-0.39, 0.29) is 18.0 Å². The number of benzene rings is 1. The van der Waals surface area contributed by atoms with Gasteiger partial charge in [0, 0.05) is 18.6 Å². The number of carbonyl (C=O) groups is 1. The Bertz CT molecular complexity index is 830. The molecule has 0 saturated carbocycles. The maximum Gasteiger partial charge on any atom is 0.494 e. The molecule has 0 unspecified atom stereocenters. The number of hydrogen-bond donors (Lipinski definition) is 2. The first-order valence-electron chi connectivity index (χ1n) is 9.53. The van der Waals surface area contributed by atoms with Gasteiger partial charge >= 0.3 is 13.2 Å². The van der Waals surface area contributed by atoms with E-state index in [0.29, 0.717) is 0 Å². The molecule has 2 rings (SSSR count). The van der Waals surface area contributed by atoms with Gasteiger partial charge in [-0.25, -0.2) is 17.9 Å². The first kappa shape index (κ1) is 23.7. The van der Waals surface area contributed by atoms with Gasteiger partial charge in [0.15, 0.2) is 0 Å². The SMILES string of the molecule is CC(C)(C)N(CCNS(=O)(=O)c1ccc(B2OC(C)(C)C(C)(C)O2)cc1)C(=O)O. The fourth-order valence-corrected chi connectivity index (χ4v) is 3.90. The minimum atomic E-state index is -3.76. The molecule has 0 spiro atoms. The molecule has 0 bridgehead atoms. The van der Waals surface area contributed by atoms with E-state index in [1.807, 2.05) is 27.7 Å². The van der Waals surface area contributed by atoms with Gasteiger partial charge in [-0.1, -0.05) is 12.1 Å². The molecule has 1 heterocycles. The van der Waals surface area contributed by atoms with Crippen LogP contribution in [0.2, 0.25) is 0 Å². The van der Waals surface area contributed by atoms with Crippen molar-refractivity contribution in [2.45, 2.75) is 70.1 Å². The average molecular weight is 426 g/mol. The van der Waals surface area contributed by atoms with Crippen LogP contribution in [-0.4, -0.2) is 61.5 Å². The zero-order valence-corrected chi connectivity index (χ0v) is 19.0. The van der Waals surface area contributed by atoms with Crippen molar-refractivity contribution >= 4 is 28.7 Å². The van der Waals surface area contributed by atoms with Crippen molar-refractivity contribution < 1.29 is 27.6 Å². The normalized spacial score (nSPS) is 18.7. The van der Waals surface area contributed by atoms with E-state index in [1.165, 1.54) is 17.0 Å². The third-order valence-electron chi connectivity index (χ3n) is 5.38. The van der Waals surface area contributed by atoms with E-state index in [4.69, 9.17) is 9.31 Å². The van der Waals surface area contributed by atoms with Crippen molar-refractivity contribution in [3.05, 3.63) is 24.3 Å². The summed E-state index contributed by atoms with van der Waals surface area (Å²) in [4.78, 5) is 12.6. The molecule has 29 heavy (non-hydrogen) atoms. The number of nitrogens with zero attached hydrogens (tertiary/aromatic N) is 1. The number of amides is 1. The number of carboxylic acid groups (broad SMARTS) is 1. The lowest BCUT2D eigenvalue weighted by Gasteiger charge is -2.33. The lowest BCUT2D eigenvalue weighted by molar-refractivity contribution is 0.00578. The van der Waals surface area contributed by atoms with Crippen LogP contribution in [0.25, 0.3) is 0 Å². The van der Waals surface area contributed by atoms with Crippen molar-refractivity contribution in [3.8, 4) is 0 Å². The van der Waals surface area contributed by atoms with Gasteiger partial charge in [0.1, 0.15) is 0 Å². The summed E-state index contributed by atoms with van der Waals surface area (Å²) < 4.78 is 39.5. The molecule has 1 amide bonds. The van der Waals surface area contributed by atoms with Crippen molar-refractivity contribution in [3.63, 3.8) is 0 Å². The lowest BCUT2D eigenvalue weighted by atomic mass is 9.79. The lowest BCUT2D eigenvalue weighted by Crippen LogP contribution is -2.48. The Morgan fingerprint density at radius 3 is 2.00 bits per heavy atom. The molecule has 0 atom stereocenters. The van der Waals surface area contributed by atoms with Crippen LogP contribution in [0.1, 0.15) is 48.5 Å². The summed E-state index contributed by atoms with van der Waals surface area (Å²) in [7, 11) is -4.33. The van der Waals surface area contributed by atoms with Crippen LogP contribution in [0.3, 0.4) is 0 Å². The zero-order chi connectivity index (χ0) is 22.3. The van der Waals surface area contributed by atoms with Crippen LogP contribution < -0.4 is 10.2 Å². The molecule has 162 valence electrons. The van der Waals surface area contributed by atoms with Crippen LogP contribution in [0.4, 0.5) is 4.79 Å². The highest BCUT2D eigenvalue weighted by molar-refractivity contribution is 7.89. The van der Waals surface area contributed by atoms with Crippen molar-refractivity contribution in [1.82, 2.24) is 9.62 Å². The molecule has 1 aliphatic heterocycles. The minimum Gasteiger partial charge on any atom is -0.465 e. The topological polar surface area (TPSA) is 105 Å². The average Bonchev–Trinajstić information content (AvgIpc) is 2.78. The highest BCUT2D eigenvalue weighted by atomic mass is 32.2. The zero-order valence-electron chi connectivity index (χ0n) is 18.1. The molecule has 1 aliphatic rings. The Hall–Kier alpha value is -1.62. The number of rotatable bonds is 6. The smallest absolute Gasteiger partial charge is 0.465 e. The molecule has 2 N–H and O–H groups in total. The van der Waals surface area contributed by atoms with Gasteiger partial charge in [-0.2, -0.15) is 0 Å². The van der Waals surface area contributed by atoms with Gasteiger partial charge in [-0.05, 0) is 66.1 Å². The Labute approximate surface area is 173 Å². The Balaban J connectivity index is 2.04. The van der Waals surface area contributed by atoms with Gasteiger partial charge in [0.25, 0.3) is 0 Å². The van der Waals surface area contributed by atoms with Crippen LogP contribution in [-0.2, 0) is 19.3 Å². The van der Waals surface area contributed by atoms with Crippen LogP contribution >= 0.6 is 0 Å². The van der Waals surface area contributed by atoms with Gasteiger partial charge in [0.05, 0.1) is 16.1 Å². The summed E-state index contributed by atoms with van der Waals surface area (Å²) >= 11 is 0. The van der Waals surface area contributed by atoms with Crippen LogP contribution in [0, 0.1) is 0 Å². The summed E-state index contributed by atoms with van der Waals surface area (Å²) in [6, 6.07) is 6.30. The minimum absolute atomic E-state index is 0.0229. The predicted octanol–water partition coefficient (Wildman–Crippen LogP) is 2.04. The summed E-state index contributed by atoms with van der Waals surface area (Å²) in [5, 5.41) is 9.29. The largest absolute Gasteiger partial charge is 0.494 e. The second-order valence-electron chi connectivity index (χ2n) is 9.16. The molecule has 10 heteroatoms. The predicted molar refractivity (Wildman–Crippen MR) is 112 cm³/mol. The van der Waals surface area contributed by atoms with E-state index in [9.17, 15) is 18.3 Å². The van der Waals surface area contributed by atoms with Crippen LogP contribution in [0.5, 0.6) is 0 Å². The third kappa shape index (κ3) is 5.30. The Morgan fingerprint density at radius 2 is 1.59 bits per heavy atom. The monoisotopic (exact) mass is 426 g/mol. The molecule has 0 aromatic heterocycles. The summed E-state index contributed by atoms with van der Waals surface area (Å²) in [6.07, 6.45) is -1.09. The van der Waals surface area contributed by atoms with Gasteiger partial charge < -0.3 is 19.3 Å². The number of sulfonamides is 1. The van der Waals surface area contributed by atoms with E-state index in [0.717, 1.165) is 5.46 Å². The maximum absolute atomic E-state index is 12.5. The summed E-state index contributed by atoms with van der Waals surface area (Å²) in [5.74, 6) is 0. The Kier molecular flexibility index (Phi) is 6.45. The van der Waals surface area contributed by atoms with E-state index >= 15 is 0 Å². The number of hydrogen-bond acceptors (Lipinski definition) is 5. The molecular weight excluding hydrogens is 395 g/mol. The molecule has 1 fully saturated rings. The summed E-state index contributed by atoms with van der Waals surface area (Å²) in [6.45, 7) is 13.1. The van der Waals surface area contributed by atoms with Gasteiger partial charge in [0.2, 0.25) is 10.0 Å². The second kappa shape index (κ2) is 7.90. The molecule has 0 aliphatic carbocycles. The van der Waals surface area contributed by atoms with Crippen molar-refractivity contribution in [1.29, 1.82) is 0 Å². The first-order chi connectivity index (χ1) is 13.1. The fourth-order valence-electron chi connectivity index (χ4n) is 2.88. The van der Waals surface area contributed by atoms with Crippen molar-refractivity contribution in [2.75, 3.05) is 13.1 Å². The molecule has 1 saturated heterocycles. The maximum atomic E-state index is 12.5. The number of nitrogens with one attached hydrogen (secondary N) is 1. The van der Waals surface area contributed by atoms with E-state index in [2.05, 4.69) is 4.72 Å². The Morgan fingerprint density at radius 1 is 1.10 bits per heavy atom. The highest BCUT2D eigenvalue weighted by Crippen LogP contribution is 2.36. The van der Waals surface area contributed by atoms with Crippen molar-refractivity contribution in [2.24, 2.45) is 0 Å². The van der Waals surface area contributed by atoms with Gasteiger partial charge in [-0.15, -0.1) is 0 Å². The quantitative estimate of drug-likeness (QED) is 0.675. The van der Waals surface area contributed by atoms with E-state index in [1.54, 1.807) is 32.9 Å². The van der Waals surface area contributed by atoms with Gasteiger partial charge in [-0.3, -0.25) is 0 Å². The second-order valence-corrected chi connectivity index (χ2v) is 10.9. The standard InChI is InChI=1S/C19H31BN2O6S/c1-17(2,3)22(16(23)24)13-12-21-29(25,26)15-10-8-14(9-11-15)20-27-18(4,5)19(6,7)28-20/h8-11,21H,12-13H2,1-7H3,(H,23,24). The molecule has 8 nitrogen and oxygen atoms in total. The third-order valence-corrected chi connectivity index (χ3v) is 6.86. The summed E-state index contributed by atoms with van der Waals surface area (Å²) in [5.41, 5.74) is -0.852. The fraction of sp³-hybridized carbons (Fsp3) is 0.632. The highest BCUT2D eigenvalue weighted by Gasteiger charge is 2.51. The van der Waals surface area contributed by atoms with Crippen LogP contribution in [0.15, 0.2) is 29.2 Å². The molecule has 1 aromatic carbocycles. The van der Waals surface area contributed by atoms with E-state index < -0.39 is 40.0 Å². The molecule has 1 aromatic rings. The first-order valence-corrected chi connectivity index (χ1v) is 11.0. The molecular formula is C19H31BN2O6S.